The SMILES string of the molecule is Cc1ccc(CNC(=O)Cn2c(=O)n(CCCCC(=O)NC3CCCCC3)c(=O)c3ccccc32)cc1. The summed E-state index contributed by atoms with van der Waals surface area (Å²) >= 11 is 0. The number of unbranched alkanes of at least 4 members (excludes halogenated alkanes) is 1. The van der Waals surface area contributed by atoms with Gasteiger partial charge in [-0.15, -0.1) is 0 Å². The predicted octanol–water partition coefficient (Wildman–Crippen LogP) is 3.41. The van der Waals surface area contributed by atoms with Crippen molar-refractivity contribution >= 4 is 22.7 Å². The van der Waals surface area contributed by atoms with Crippen LogP contribution in [0.25, 0.3) is 10.9 Å². The van der Waals surface area contributed by atoms with Crippen LogP contribution in [0.1, 0.15) is 62.5 Å². The van der Waals surface area contributed by atoms with Gasteiger partial charge in [0.1, 0.15) is 6.54 Å². The van der Waals surface area contributed by atoms with Crippen LogP contribution in [0.3, 0.4) is 0 Å². The zero-order valence-corrected chi connectivity index (χ0v) is 21.5. The summed E-state index contributed by atoms with van der Waals surface area (Å²) in [6.45, 7) is 2.37. The van der Waals surface area contributed by atoms with Crippen molar-refractivity contribution in [2.24, 2.45) is 0 Å². The van der Waals surface area contributed by atoms with Crippen LogP contribution < -0.4 is 21.9 Å². The van der Waals surface area contributed by atoms with Gasteiger partial charge in [-0.2, -0.15) is 0 Å². The Bertz CT molecular complexity index is 1350. The van der Waals surface area contributed by atoms with E-state index in [1.165, 1.54) is 15.6 Å². The number of amides is 2. The lowest BCUT2D eigenvalue weighted by atomic mass is 9.95. The highest BCUT2D eigenvalue weighted by Gasteiger charge is 2.17. The summed E-state index contributed by atoms with van der Waals surface area (Å²) in [5.74, 6) is -0.280. The summed E-state index contributed by atoms with van der Waals surface area (Å²) in [4.78, 5) is 51.4. The summed E-state index contributed by atoms with van der Waals surface area (Å²) < 4.78 is 2.55. The van der Waals surface area contributed by atoms with Gasteiger partial charge in [-0.3, -0.25) is 23.5 Å². The van der Waals surface area contributed by atoms with Crippen LogP contribution in [-0.4, -0.2) is 27.0 Å². The molecule has 37 heavy (non-hydrogen) atoms. The summed E-state index contributed by atoms with van der Waals surface area (Å²) in [6, 6.07) is 15.0. The third kappa shape index (κ3) is 6.96. The summed E-state index contributed by atoms with van der Waals surface area (Å²) in [5, 5.41) is 6.36. The van der Waals surface area contributed by atoms with Gasteiger partial charge in [-0.1, -0.05) is 61.2 Å². The molecule has 1 aliphatic carbocycles. The van der Waals surface area contributed by atoms with Crippen molar-refractivity contribution in [3.05, 3.63) is 80.5 Å². The average Bonchev–Trinajstić information content (AvgIpc) is 2.91. The number of benzene rings is 2. The molecule has 0 atom stereocenters. The van der Waals surface area contributed by atoms with E-state index in [0.717, 1.165) is 36.8 Å². The molecule has 196 valence electrons. The van der Waals surface area contributed by atoms with Gasteiger partial charge in [0.15, 0.2) is 0 Å². The van der Waals surface area contributed by atoms with Gasteiger partial charge in [0, 0.05) is 25.6 Å². The molecule has 1 fully saturated rings. The van der Waals surface area contributed by atoms with Crippen LogP contribution >= 0.6 is 0 Å². The number of carbonyl (C=O) groups is 2. The minimum atomic E-state index is -0.513. The van der Waals surface area contributed by atoms with Gasteiger partial charge in [-0.05, 0) is 50.3 Å². The molecule has 3 aromatic rings. The van der Waals surface area contributed by atoms with Crippen molar-refractivity contribution in [3.8, 4) is 0 Å². The second kappa shape index (κ2) is 12.5. The molecule has 8 heteroatoms. The fourth-order valence-electron chi connectivity index (χ4n) is 4.93. The molecule has 0 aliphatic heterocycles. The van der Waals surface area contributed by atoms with Crippen LogP contribution in [0.5, 0.6) is 0 Å². The van der Waals surface area contributed by atoms with Crippen molar-refractivity contribution < 1.29 is 9.59 Å². The quantitative estimate of drug-likeness (QED) is 0.413. The Labute approximate surface area is 216 Å². The Kier molecular flexibility index (Phi) is 8.93. The van der Waals surface area contributed by atoms with Crippen LogP contribution in [0.15, 0.2) is 58.1 Å². The van der Waals surface area contributed by atoms with Crippen LogP contribution in [0.4, 0.5) is 0 Å². The van der Waals surface area contributed by atoms with E-state index in [-0.39, 0.29) is 36.5 Å². The minimum absolute atomic E-state index is 0.0282. The maximum absolute atomic E-state index is 13.3. The number of rotatable bonds is 10. The molecule has 2 N–H and O–H groups in total. The molecule has 8 nitrogen and oxygen atoms in total. The Morgan fingerprint density at radius 3 is 2.38 bits per heavy atom. The highest BCUT2D eigenvalue weighted by Crippen LogP contribution is 2.17. The largest absolute Gasteiger partial charge is 0.353 e. The van der Waals surface area contributed by atoms with E-state index in [1.807, 2.05) is 31.2 Å². The molecule has 0 unspecified atom stereocenters. The van der Waals surface area contributed by atoms with Gasteiger partial charge in [-0.25, -0.2) is 4.79 Å². The van der Waals surface area contributed by atoms with Crippen molar-refractivity contribution in [1.29, 1.82) is 0 Å². The number of aryl methyl sites for hydroxylation is 1. The number of nitrogens with one attached hydrogen (secondary N) is 2. The fraction of sp³-hybridized carbons (Fsp3) is 0.448. The number of nitrogens with zero attached hydrogens (tertiary/aromatic N) is 2. The van der Waals surface area contributed by atoms with Crippen LogP contribution in [-0.2, 0) is 29.2 Å². The van der Waals surface area contributed by atoms with E-state index >= 15 is 0 Å². The molecule has 4 rings (SSSR count). The Morgan fingerprint density at radius 2 is 1.62 bits per heavy atom. The van der Waals surface area contributed by atoms with Crippen molar-refractivity contribution in [2.45, 2.75) is 84.0 Å². The van der Waals surface area contributed by atoms with Crippen molar-refractivity contribution in [2.75, 3.05) is 0 Å². The Balaban J connectivity index is 1.41. The van der Waals surface area contributed by atoms with E-state index in [1.54, 1.807) is 24.3 Å². The van der Waals surface area contributed by atoms with Crippen molar-refractivity contribution in [1.82, 2.24) is 19.8 Å². The molecular weight excluding hydrogens is 468 g/mol. The number of hydrogen-bond donors (Lipinski definition) is 2. The average molecular weight is 505 g/mol. The van der Waals surface area contributed by atoms with Crippen LogP contribution in [0, 0.1) is 6.92 Å². The molecule has 0 spiro atoms. The van der Waals surface area contributed by atoms with Gasteiger partial charge in [0.2, 0.25) is 11.8 Å². The fourth-order valence-corrected chi connectivity index (χ4v) is 4.93. The smallest absolute Gasteiger partial charge is 0.331 e. The molecule has 0 radical (unpaired) electrons. The first-order valence-electron chi connectivity index (χ1n) is 13.3. The Morgan fingerprint density at radius 1 is 0.892 bits per heavy atom. The second-order valence-electron chi connectivity index (χ2n) is 9.96. The first-order valence-corrected chi connectivity index (χ1v) is 13.3. The highest BCUT2D eigenvalue weighted by atomic mass is 16.2. The molecule has 0 bridgehead atoms. The zero-order valence-electron chi connectivity index (χ0n) is 21.5. The van der Waals surface area contributed by atoms with Crippen molar-refractivity contribution in [3.63, 3.8) is 0 Å². The number of para-hydroxylation sites is 1. The normalized spacial score (nSPS) is 14.0. The lowest BCUT2D eigenvalue weighted by molar-refractivity contribution is -0.122. The summed E-state index contributed by atoms with van der Waals surface area (Å²) in [5.41, 5.74) is 1.66. The van der Waals surface area contributed by atoms with E-state index < -0.39 is 5.69 Å². The molecule has 1 aliphatic rings. The van der Waals surface area contributed by atoms with E-state index in [4.69, 9.17) is 0 Å². The van der Waals surface area contributed by atoms with E-state index in [2.05, 4.69) is 10.6 Å². The third-order valence-electron chi connectivity index (χ3n) is 7.05. The van der Waals surface area contributed by atoms with Gasteiger partial charge in [0.05, 0.1) is 10.9 Å². The highest BCUT2D eigenvalue weighted by molar-refractivity contribution is 5.81. The number of hydrogen-bond acceptors (Lipinski definition) is 4. The third-order valence-corrected chi connectivity index (χ3v) is 7.05. The standard InChI is InChI=1S/C29H36N4O4/c1-21-14-16-22(17-15-21)19-30-27(35)20-33-25-12-6-5-11-24(25)28(36)32(29(33)37)18-8-7-13-26(34)31-23-9-3-2-4-10-23/h5-6,11-12,14-17,23H,2-4,7-10,13,18-20H2,1H3,(H,30,35)(H,31,34). The first kappa shape index (κ1) is 26.4. The van der Waals surface area contributed by atoms with E-state index in [0.29, 0.717) is 36.7 Å². The number of aromatic nitrogens is 2. The van der Waals surface area contributed by atoms with Gasteiger partial charge >= 0.3 is 5.69 Å². The number of carbonyl (C=O) groups excluding carboxylic acids is 2. The molecule has 1 heterocycles. The summed E-state index contributed by atoms with van der Waals surface area (Å²) in [7, 11) is 0. The molecule has 2 aromatic carbocycles. The lowest BCUT2D eigenvalue weighted by Crippen LogP contribution is -2.42. The molecule has 1 saturated carbocycles. The monoisotopic (exact) mass is 504 g/mol. The minimum Gasteiger partial charge on any atom is -0.353 e. The molecular formula is C29H36N4O4. The lowest BCUT2D eigenvalue weighted by Gasteiger charge is -2.22. The molecule has 0 saturated heterocycles. The summed E-state index contributed by atoms with van der Waals surface area (Å²) in [6.07, 6.45) is 7.09. The maximum Gasteiger partial charge on any atom is 0.331 e. The molecule has 1 aromatic heterocycles. The molecule has 2 amide bonds. The maximum atomic E-state index is 13.3. The zero-order chi connectivity index (χ0) is 26.2. The van der Waals surface area contributed by atoms with Gasteiger partial charge in [0.25, 0.3) is 5.56 Å². The number of fused-ring (bicyclic) bond motifs is 1. The predicted molar refractivity (Wildman–Crippen MR) is 144 cm³/mol. The topological polar surface area (TPSA) is 102 Å². The second-order valence-corrected chi connectivity index (χ2v) is 9.96. The van der Waals surface area contributed by atoms with Gasteiger partial charge < -0.3 is 10.6 Å². The first-order chi connectivity index (χ1) is 17.9. The Hall–Kier alpha value is -3.68. The van der Waals surface area contributed by atoms with E-state index in [9.17, 15) is 19.2 Å². The van der Waals surface area contributed by atoms with Crippen LogP contribution in [0.2, 0.25) is 0 Å².